The largest absolute Gasteiger partial charge is 0.497 e. The summed E-state index contributed by atoms with van der Waals surface area (Å²) >= 11 is 0. The zero-order valence-corrected chi connectivity index (χ0v) is 27.0. The maximum absolute atomic E-state index is 12.8. The molecule has 4 heterocycles. The second-order valence-corrected chi connectivity index (χ2v) is 12.3. The Morgan fingerprint density at radius 1 is 1.02 bits per heavy atom. The van der Waals surface area contributed by atoms with Crippen LogP contribution in [0.5, 0.6) is 11.5 Å². The second kappa shape index (κ2) is 16.5. The van der Waals surface area contributed by atoms with E-state index in [0.29, 0.717) is 35.0 Å². The number of rotatable bonds is 17. The standard InChI is InChI=1S/C33H48N6O7/c1-43-26-14-16-31(44-2)29(22-26)36-33(40)45-27-20-24-12-11-13-25(21-27)37(24)19-10-8-6-4-3-5-7-9-18-34-28-15-17-32(39(41)42)38-30(28)23-35-46-38/h14-17,22-25,27,34-35H,3-13,18-21H2,1-2H3,(H,36,40). The van der Waals surface area contributed by atoms with Gasteiger partial charge < -0.3 is 29.6 Å². The monoisotopic (exact) mass is 640 g/mol. The van der Waals surface area contributed by atoms with Crippen molar-refractivity contribution in [1.82, 2.24) is 20.8 Å². The van der Waals surface area contributed by atoms with E-state index < -0.39 is 11.0 Å². The topological polar surface area (TPSA) is 140 Å². The molecule has 13 nitrogen and oxygen atoms in total. The summed E-state index contributed by atoms with van der Waals surface area (Å²) in [6.45, 7) is 1.94. The van der Waals surface area contributed by atoms with Crippen LogP contribution in [0.15, 0.2) is 53.8 Å². The van der Waals surface area contributed by atoms with E-state index in [9.17, 15) is 14.9 Å². The summed E-state index contributed by atoms with van der Waals surface area (Å²) in [7, 11) is 3.16. The summed E-state index contributed by atoms with van der Waals surface area (Å²) in [4.78, 5) is 31.3. The van der Waals surface area contributed by atoms with Crippen LogP contribution in [-0.4, -0.2) is 66.5 Å². The third-order valence-corrected chi connectivity index (χ3v) is 9.29. The van der Waals surface area contributed by atoms with Crippen LogP contribution >= 0.6 is 0 Å². The number of ether oxygens (including phenoxy) is 3. The van der Waals surface area contributed by atoms with Gasteiger partial charge in [-0.3, -0.25) is 10.2 Å². The fourth-order valence-electron chi connectivity index (χ4n) is 6.99. The summed E-state index contributed by atoms with van der Waals surface area (Å²) in [5.74, 6) is 1.09. The maximum Gasteiger partial charge on any atom is 0.412 e. The van der Waals surface area contributed by atoms with E-state index in [4.69, 9.17) is 19.1 Å². The predicted octanol–water partition coefficient (Wildman–Crippen LogP) is 5.96. The Morgan fingerprint density at radius 2 is 1.74 bits per heavy atom. The molecule has 3 N–H and O–H groups in total. The molecule has 0 radical (unpaired) electrons. The van der Waals surface area contributed by atoms with Crippen LogP contribution < -0.4 is 25.6 Å². The minimum atomic E-state index is -0.467. The molecule has 2 atom stereocenters. The molecule has 252 valence electrons. The molecule has 2 fully saturated rings. The summed E-state index contributed by atoms with van der Waals surface area (Å²) in [6, 6.07) is 6.26. The Kier molecular flexibility index (Phi) is 12.0. The van der Waals surface area contributed by atoms with Crippen molar-refractivity contribution in [3.05, 3.63) is 63.9 Å². The molecule has 2 bridgehead atoms. The highest BCUT2D eigenvalue weighted by atomic mass is 16.8. The smallest absolute Gasteiger partial charge is 0.412 e. The van der Waals surface area contributed by atoms with Crippen molar-refractivity contribution in [1.29, 1.82) is 0 Å². The molecular formula is C33H48N6O7. The lowest BCUT2D eigenvalue weighted by molar-refractivity contribution is -0.465. The molecule has 5 rings (SSSR count). The molecule has 1 amide bonds. The summed E-state index contributed by atoms with van der Waals surface area (Å²) < 4.78 is 16.6. The number of allylic oxidation sites excluding steroid dienone is 2. The predicted molar refractivity (Wildman–Crippen MR) is 173 cm³/mol. The number of nitrogens with zero attached hydrogens (tertiary/aromatic N) is 3. The van der Waals surface area contributed by atoms with Gasteiger partial charge in [0.25, 0.3) is 0 Å². The van der Waals surface area contributed by atoms with E-state index in [1.165, 1.54) is 68.9 Å². The third-order valence-electron chi connectivity index (χ3n) is 9.29. The van der Waals surface area contributed by atoms with E-state index in [2.05, 4.69) is 21.0 Å². The van der Waals surface area contributed by atoms with Crippen LogP contribution in [0.2, 0.25) is 0 Å². The first-order valence-corrected chi connectivity index (χ1v) is 16.7. The zero-order valence-electron chi connectivity index (χ0n) is 27.0. The Morgan fingerprint density at radius 3 is 2.43 bits per heavy atom. The van der Waals surface area contributed by atoms with Crippen LogP contribution in [0.1, 0.15) is 83.5 Å². The first-order valence-electron chi connectivity index (χ1n) is 16.7. The first kappa shape index (κ1) is 33.4. The molecule has 0 aromatic heterocycles. The summed E-state index contributed by atoms with van der Waals surface area (Å²) in [6.07, 6.45) is 19.3. The lowest BCUT2D eigenvalue weighted by Gasteiger charge is -2.48. The Bertz CT molecular complexity index is 1290. The molecule has 2 unspecified atom stereocenters. The van der Waals surface area contributed by atoms with Gasteiger partial charge in [-0.15, -0.1) is 0 Å². The van der Waals surface area contributed by atoms with Gasteiger partial charge in [0.15, 0.2) is 0 Å². The van der Waals surface area contributed by atoms with E-state index >= 15 is 0 Å². The molecule has 1 aromatic rings. The van der Waals surface area contributed by atoms with Crippen LogP contribution in [0.3, 0.4) is 0 Å². The van der Waals surface area contributed by atoms with Gasteiger partial charge in [-0.05, 0) is 60.4 Å². The van der Waals surface area contributed by atoms with E-state index in [1.54, 1.807) is 44.7 Å². The van der Waals surface area contributed by atoms with E-state index in [0.717, 1.165) is 44.5 Å². The van der Waals surface area contributed by atoms with Crippen molar-refractivity contribution in [2.24, 2.45) is 0 Å². The van der Waals surface area contributed by atoms with Gasteiger partial charge >= 0.3 is 11.9 Å². The minimum Gasteiger partial charge on any atom is -0.497 e. The van der Waals surface area contributed by atoms with Gasteiger partial charge in [0, 0.05) is 43.6 Å². The molecule has 2 saturated heterocycles. The van der Waals surface area contributed by atoms with Gasteiger partial charge in [-0.1, -0.05) is 49.9 Å². The zero-order chi connectivity index (χ0) is 32.3. The number of nitro groups is 1. The highest BCUT2D eigenvalue weighted by Crippen LogP contribution is 2.36. The lowest BCUT2D eigenvalue weighted by Crippen LogP contribution is -2.54. The van der Waals surface area contributed by atoms with Gasteiger partial charge in [-0.2, -0.15) is 0 Å². The summed E-state index contributed by atoms with van der Waals surface area (Å²) in [5, 5.41) is 18.6. The number of amides is 1. The van der Waals surface area contributed by atoms with Crippen LogP contribution in [0.25, 0.3) is 0 Å². The number of anilines is 1. The molecule has 46 heavy (non-hydrogen) atoms. The number of fused-ring (bicyclic) bond motifs is 3. The average molecular weight is 641 g/mol. The number of hydrogen-bond donors (Lipinski definition) is 3. The third kappa shape index (κ3) is 8.64. The van der Waals surface area contributed by atoms with Crippen LogP contribution in [-0.2, 0) is 9.68 Å². The summed E-state index contributed by atoms with van der Waals surface area (Å²) in [5.41, 5.74) is 4.54. The van der Waals surface area contributed by atoms with Crippen molar-refractivity contribution in [2.75, 3.05) is 32.6 Å². The van der Waals surface area contributed by atoms with Gasteiger partial charge in [0.2, 0.25) is 5.70 Å². The fourth-order valence-corrected chi connectivity index (χ4v) is 6.99. The van der Waals surface area contributed by atoms with Gasteiger partial charge in [-0.25, -0.2) is 10.3 Å². The number of carbonyl (C=O) groups excluding carboxylic acids is 1. The van der Waals surface area contributed by atoms with Crippen LogP contribution in [0.4, 0.5) is 10.5 Å². The minimum absolute atomic E-state index is 0.0726. The lowest BCUT2D eigenvalue weighted by atomic mass is 9.82. The number of unbranched alkanes of at least 4 members (excludes halogenated alkanes) is 7. The van der Waals surface area contributed by atoms with E-state index in [-0.39, 0.29) is 11.9 Å². The van der Waals surface area contributed by atoms with Gasteiger partial charge in [0.1, 0.15) is 17.6 Å². The Labute approximate surface area is 271 Å². The van der Waals surface area contributed by atoms with Crippen molar-refractivity contribution >= 4 is 11.8 Å². The Hall–Kier alpha value is -3.97. The molecule has 0 saturated carbocycles. The molecular weight excluding hydrogens is 592 g/mol. The molecule has 13 heteroatoms. The number of hydrogen-bond acceptors (Lipinski definition) is 11. The number of carbonyl (C=O) groups is 1. The molecule has 0 spiro atoms. The van der Waals surface area contributed by atoms with Crippen molar-refractivity contribution < 1.29 is 28.9 Å². The normalized spacial score (nSPS) is 22.1. The highest BCUT2D eigenvalue weighted by molar-refractivity contribution is 5.87. The Balaban J connectivity index is 0.923. The van der Waals surface area contributed by atoms with E-state index in [1.807, 2.05) is 0 Å². The molecule has 4 aliphatic heterocycles. The van der Waals surface area contributed by atoms with Gasteiger partial charge in [0.05, 0.1) is 31.8 Å². The molecule has 0 aliphatic carbocycles. The average Bonchev–Trinajstić information content (AvgIpc) is 3.54. The van der Waals surface area contributed by atoms with Crippen molar-refractivity contribution in [2.45, 2.75) is 102 Å². The second-order valence-electron chi connectivity index (χ2n) is 12.3. The highest BCUT2D eigenvalue weighted by Gasteiger charge is 2.39. The quantitative estimate of drug-likeness (QED) is 0.106. The number of methoxy groups -OCH3 is 2. The molecule has 1 aromatic carbocycles. The molecule has 4 aliphatic rings. The number of nitrogens with one attached hydrogen (secondary N) is 3. The van der Waals surface area contributed by atoms with Crippen LogP contribution in [0, 0.1) is 10.1 Å². The SMILES string of the molecule is COc1ccc(OC)c(NC(=O)OC2CC3CCCC(C2)N3CCCCCCCCCCNC2=CC=C([N+](=O)[O-])N3ONC=C23)c1. The van der Waals surface area contributed by atoms with Crippen molar-refractivity contribution in [3.8, 4) is 11.5 Å². The fraction of sp³-hybridized carbons (Fsp3) is 0.606. The first-order chi connectivity index (χ1) is 22.5. The number of hydroxylamine groups is 3. The van der Waals surface area contributed by atoms with Crippen molar-refractivity contribution in [3.63, 3.8) is 0 Å². The number of piperidine rings is 2. The number of benzene rings is 1. The maximum atomic E-state index is 12.8.